The molecular formula is C59H87N6O13P. The quantitative estimate of drug-likeness (QED) is 0.0578. The number of aromatic nitrogens is 3. The van der Waals surface area contributed by atoms with Crippen molar-refractivity contribution in [3.8, 4) is 11.3 Å². The third kappa shape index (κ3) is 13.5. The van der Waals surface area contributed by atoms with Gasteiger partial charge >= 0.3 is 18.0 Å². The van der Waals surface area contributed by atoms with Gasteiger partial charge in [-0.1, -0.05) is 70.2 Å². The highest BCUT2D eigenvalue weighted by Gasteiger charge is 2.61. The Balaban J connectivity index is 1.22. The first-order valence-electron chi connectivity index (χ1n) is 28.2. The molecular weight excluding hydrogens is 1030 g/mol. The van der Waals surface area contributed by atoms with E-state index in [-0.39, 0.29) is 49.7 Å². The van der Waals surface area contributed by atoms with Crippen LogP contribution in [0.15, 0.2) is 60.8 Å². The second-order valence-corrected chi connectivity index (χ2v) is 24.2. The summed E-state index contributed by atoms with van der Waals surface area (Å²) in [4.78, 5) is 62.2. The number of ketones is 1. The molecule has 3 aromatic rings. The van der Waals surface area contributed by atoms with Gasteiger partial charge in [-0.2, -0.15) is 0 Å². The molecule has 0 radical (unpaired) electrons. The van der Waals surface area contributed by atoms with Crippen molar-refractivity contribution >= 4 is 37.5 Å². The molecule has 0 aliphatic carbocycles. The van der Waals surface area contributed by atoms with Gasteiger partial charge in [0.05, 0.1) is 53.7 Å². The van der Waals surface area contributed by atoms with E-state index in [0.29, 0.717) is 39.0 Å². The topological polar surface area (TPSA) is 212 Å². The summed E-state index contributed by atoms with van der Waals surface area (Å²) in [5.74, 6) is -4.44. The molecule has 1 N–H and O–H groups in total. The number of ether oxygens (including phenoxy) is 9. The minimum atomic E-state index is -1.45. The fourth-order valence-electron chi connectivity index (χ4n) is 13.0. The van der Waals surface area contributed by atoms with Crippen molar-refractivity contribution in [3.05, 3.63) is 66.4 Å². The first-order chi connectivity index (χ1) is 37.4. The Morgan fingerprint density at radius 2 is 1.53 bits per heavy atom. The molecule has 1 amide bonds. The third-order valence-corrected chi connectivity index (χ3v) is 18.1. The Hall–Kier alpha value is -4.72. The van der Waals surface area contributed by atoms with Crippen LogP contribution in [0.1, 0.15) is 125 Å². The Morgan fingerprint density at radius 1 is 0.848 bits per heavy atom. The summed E-state index contributed by atoms with van der Waals surface area (Å²) in [6.07, 6.45) is -2.47. The highest BCUT2D eigenvalue weighted by atomic mass is 31.1. The van der Waals surface area contributed by atoms with Crippen LogP contribution in [0, 0.1) is 34.8 Å². The van der Waals surface area contributed by atoms with Gasteiger partial charge in [-0.05, 0) is 112 Å². The van der Waals surface area contributed by atoms with Crippen molar-refractivity contribution in [1.82, 2.24) is 24.8 Å². The standard InChI is InChI=1S/C59H87N6O13P/c1-16-46-59(11)50(65(56(69)78-59)28-21-20-27-64-33-44(61-62-64)42-25-22-26-43(30-42)79-60)37(5)48(66)34(2)31-57(9,70-14)51(77-55-36(4)45(63(12)13)29-35(3)72-55)38(6)49(39(7)53(67)74-46)75-47-32-58(10,71-15)52(40(8)73-47)76-54(68)41-23-18-17-19-24-41/h17-19,22-26,30,33-40,45-47,49-52,55,60H,16,20-21,27-29,31-32H2,1-15H3/t34-,35-,36-,37+,38+,39-,40+,45+,46-,47+,49+,50+,51-,52+,55+,57+,58-,59-/m1/s1. The van der Waals surface area contributed by atoms with Crippen LogP contribution in [0.25, 0.3) is 11.3 Å². The molecule has 7 rings (SSSR count). The maximum atomic E-state index is 15.3. The number of nitrogens with one attached hydrogen (secondary N) is 1. The number of Topliss-reactive ketones (excluding diaryl/α,β-unsaturated/α-hetero) is 1. The van der Waals surface area contributed by atoms with Gasteiger partial charge in [0, 0.05) is 82.7 Å². The molecule has 20 heteroatoms. The van der Waals surface area contributed by atoms with Gasteiger partial charge in [-0.3, -0.25) is 19.4 Å². The van der Waals surface area contributed by atoms with Crippen LogP contribution >= 0.6 is 8.37 Å². The number of benzene rings is 2. The van der Waals surface area contributed by atoms with Crippen molar-refractivity contribution in [2.24, 2.45) is 29.6 Å². The number of fused-ring (bicyclic) bond motifs is 1. The molecule has 0 saturated carbocycles. The van der Waals surface area contributed by atoms with Gasteiger partial charge in [0.1, 0.15) is 23.2 Å². The van der Waals surface area contributed by atoms with E-state index in [1.165, 1.54) is 0 Å². The Bertz CT molecular complexity index is 2570. The molecule has 4 saturated heterocycles. The van der Waals surface area contributed by atoms with E-state index in [1.54, 1.807) is 68.8 Å². The second-order valence-electron chi connectivity index (χ2n) is 23.5. The second kappa shape index (κ2) is 26.0. The molecule has 4 aliphatic rings. The first kappa shape index (κ1) is 61.9. The minimum absolute atomic E-state index is 0.103. The number of hydrogen-bond acceptors (Lipinski definition) is 17. The van der Waals surface area contributed by atoms with Crippen LogP contribution in [0.4, 0.5) is 4.79 Å². The summed E-state index contributed by atoms with van der Waals surface area (Å²) in [7, 11) is 7.67. The number of nitrogens with zero attached hydrogens (tertiary/aromatic N) is 5. The van der Waals surface area contributed by atoms with Crippen molar-refractivity contribution in [3.63, 3.8) is 0 Å². The van der Waals surface area contributed by atoms with Crippen LogP contribution in [-0.4, -0.2) is 162 Å². The molecule has 2 aromatic carbocycles. The molecule has 436 valence electrons. The number of carbonyl (C=O) groups excluding carboxylic acids is 4. The smallest absolute Gasteiger partial charge is 0.410 e. The predicted molar refractivity (Wildman–Crippen MR) is 297 cm³/mol. The maximum Gasteiger partial charge on any atom is 0.410 e. The maximum absolute atomic E-state index is 15.3. The van der Waals surface area contributed by atoms with E-state index < -0.39 is 108 Å². The number of esters is 2. The van der Waals surface area contributed by atoms with Gasteiger partial charge in [-0.15, -0.1) is 5.10 Å². The van der Waals surface area contributed by atoms with Crippen molar-refractivity contribution in [2.75, 3.05) is 34.9 Å². The molecule has 0 spiro atoms. The van der Waals surface area contributed by atoms with Crippen LogP contribution < -0.4 is 5.30 Å². The number of carbonyl (C=O) groups is 4. The SMILES string of the molecule is CC[C@H]1OC(=O)[C@H](C)[C@@H](O[C@H]2C[C@@](C)(OC)[C@@H](OC(=O)c3ccccc3)[C@H](C)O2)[C@H](C)[C@@H](O[C@@H]2O[C@H](C)C[C@H](N(C)C)[C@H]2C)[C@@](C)(OC)C[C@@H](C)C(=O)[C@H](C)[C@@H]2N(CCCCn3cc(-c4cccc(P=N)c4)nn3)C(=O)O[C@@]21C. The molecule has 79 heavy (non-hydrogen) atoms. The van der Waals surface area contributed by atoms with E-state index >= 15 is 9.59 Å². The molecule has 4 fully saturated rings. The molecule has 19 nitrogen and oxygen atoms in total. The lowest BCUT2D eigenvalue weighted by Crippen LogP contribution is -2.61. The third-order valence-electron chi connectivity index (χ3n) is 17.5. The molecule has 18 atom stereocenters. The zero-order valence-electron chi connectivity index (χ0n) is 49.1. The summed E-state index contributed by atoms with van der Waals surface area (Å²) in [5, 5.41) is 17.3. The molecule has 0 unspecified atom stereocenters. The van der Waals surface area contributed by atoms with E-state index in [1.807, 2.05) is 99.1 Å². The lowest BCUT2D eigenvalue weighted by Gasteiger charge is -2.50. The summed E-state index contributed by atoms with van der Waals surface area (Å²) >= 11 is 0. The fourth-order valence-corrected chi connectivity index (χ4v) is 13.3. The highest BCUT2D eigenvalue weighted by Crippen LogP contribution is 2.45. The average Bonchev–Trinajstić information content (AvgIpc) is 4.17. The average molecular weight is 1120 g/mol. The monoisotopic (exact) mass is 1120 g/mol. The van der Waals surface area contributed by atoms with Crippen molar-refractivity contribution < 1.29 is 61.8 Å². The molecule has 0 bridgehead atoms. The summed E-state index contributed by atoms with van der Waals surface area (Å²) in [6, 6.07) is 15.7. The van der Waals surface area contributed by atoms with Crippen molar-refractivity contribution in [2.45, 2.75) is 199 Å². The fraction of sp³-hybridized carbons (Fsp3) is 0.695. The van der Waals surface area contributed by atoms with E-state index in [9.17, 15) is 9.59 Å². The van der Waals surface area contributed by atoms with Gasteiger partial charge in [0.25, 0.3) is 0 Å². The number of unbranched alkanes of at least 4 members (excludes halogenated alkanes) is 1. The molecule has 4 aliphatic heterocycles. The zero-order valence-corrected chi connectivity index (χ0v) is 50.0. The van der Waals surface area contributed by atoms with Crippen LogP contribution in [0.3, 0.4) is 0 Å². The number of aryl methyl sites for hydroxylation is 1. The lowest BCUT2D eigenvalue weighted by atomic mass is 9.73. The Kier molecular flexibility index (Phi) is 20.4. The number of amides is 1. The van der Waals surface area contributed by atoms with Crippen LogP contribution in [0.2, 0.25) is 0 Å². The minimum Gasteiger partial charge on any atom is -0.458 e. The lowest BCUT2D eigenvalue weighted by molar-refractivity contribution is -0.313. The van der Waals surface area contributed by atoms with Gasteiger partial charge in [-0.25, -0.2) is 9.59 Å². The largest absolute Gasteiger partial charge is 0.458 e. The normalized spacial score (nSPS) is 36.8. The van der Waals surface area contributed by atoms with Crippen LogP contribution in [0.5, 0.6) is 0 Å². The Morgan fingerprint density at radius 3 is 2.19 bits per heavy atom. The number of methoxy groups -OCH3 is 2. The highest BCUT2D eigenvalue weighted by molar-refractivity contribution is 7.35. The van der Waals surface area contributed by atoms with E-state index in [0.717, 1.165) is 17.3 Å². The molecule has 5 heterocycles. The van der Waals surface area contributed by atoms with Gasteiger partial charge in [0.15, 0.2) is 24.3 Å². The summed E-state index contributed by atoms with van der Waals surface area (Å²) in [5.41, 5.74) is -1.80. The number of hydrogen-bond donors (Lipinski definition) is 1. The predicted octanol–water partition coefficient (Wildman–Crippen LogP) is 9.12. The zero-order chi connectivity index (χ0) is 57.7. The van der Waals surface area contributed by atoms with Crippen molar-refractivity contribution in [1.29, 1.82) is 5.16 Å². The van der Waals surface area contributed by atoms with E-state index in [2.05, 4.69) is 22.1 Å². The Labute approximate surface area is 469 Å². The van der Waals surface area contributed by atoms with Crippen LogP contribution in [-0.2, 0) is 58.8 Å². The summed E-state index contributed by atoms with van der Waals surface area (Å²) in [6.45, 7) is 21.6. The number of rotatable bonds is 17. The van der Waals surface area contributed by atoms with E-state index in [4.69, 9.17) is 47.8 Å². The van der Waals surface area contributed by atoms with Gasteiger partial charge in [0.2, 0.25) is 0 Å². The van der Waals surface area contributed by atoms with Gasteiger partial charge < -0.3 is 52.4 Å². The first-order valence-corrected chi connectivity index (χ1v) is 29.1. The summed E-state index contributed by atoms with van der Waals surface area (Å²) < 4.78 is 61.4. The molecule has 1 aromatic heterocycles. The number of cyclic esters (lactones) is 1.